The molecule has 0 bridgehead atoms. The van der Waals surface area contributed by atoms with Crippen LogP contribution in [0.5, 0.6) is 0 Å². The van der Waals surface area contributed by atoms with E-state index >= 15 is 0 Å². The van der Waals surface area contributed by atoms with Crippen molar-refractivity contribution in [1.82, 2.24) is 15.1 Å². The first kappa shape index (κ1) is 14.8. The molecule has 1 N–H and O–H groups in total. The molecule has 4 nitrogen and oxygen atoms in total. The number of carbonyl (C=O) groups is 1. The summed E-state index contributed by atoms with van der Waals surface area (Å²) in [4.78, 5) is 16.9. The molecule has 19 heavy (non-hydrogen) atoms. The third-order valence-electron chi connectivity index (χ3n) is 4.36. The van der Waals surface area contributed by atoms with Crippen molar-refractivity contribution in [2.45, 2.75) is 51.5 Å². The average molecular weight is 267 g/mol. The number of hydrogen-bond acceptors (Lipinski definition) is 3. The Morgan fingerprint density at radius 3 is 2.58 bits per heavy atom. The molecular weight excluding hydrogens is 238 g/mol. The van der Waals surface area contributed by atoms with Crippen molar-refractivity contribution in [2.75, 3.05) is 39.3 Å². The third kappa shape index (κ3) is 4.46. The molecule has 2 aliphatic rings. The second-order valence-corrected chi connectivity index (χ2v) is 5.91. The Kier molecular flexibility index (Phi) is 6.11. The first-order chi connectivity index (χ1) is 9.31. The van der Waals surface area contributed by atoms with Gasteiger partial charge in [0.1, 0.15) is 0 Å². The summed E-state index contributed by atoms with van der Waals surface area (Å²) < 4.78 is 0. The predicted octanol–water partition coefficient (Wildman–Crippen LogP) is 1.46. The summed E-state index contributed by atoms with van der Waals surface area (Å²) in [6.45, 7) is 7.97. The zero-order valence-corrected chi connectivity index (χ0v) is 12.4. The summed E-state index contributed by atoms with van der Waals surface area (Å²) in [5, 5.41) is 3.41. The van der Waals surface area contributed by atoms with Crippen molar-refractivity contribution in [3.63, 3.8) is 0 Å². The zero-order chi connectivity index (χ0) is 13.5. The van der Waals surface area contributed by atoms with E-state index in [4.69, 9.17) is 0 Å². The molecule has 2 aliphatic heterocycles. The first-order valence-corrected chi connectivity index (χ1v) is 8.04. The van der Waals surface area contributed by atoms with Gasteiger partial charge in [-0.1, -0.05) is 19.8 Å². The number of nitrogens with one attached hydrogen (secondary N) is 1. The molecule has 0 aromatic carbocycles. The highest BCUT2D eigenvalue weighted by Crippen LogP contribution is 2.13. The topological polar surface area (TPSA) is 35.6 Å². The molecule has 1 unspecified atom stereocenters. The molecule has 2 heterocycles. The van der Waals surface area contributed by atoms with E-state index in [1.54, 1.807) is 0 Å². The molecule has 0 aromatic rings. The SMILES string of the molecule is CCCN(CC(=O)N1CCCCCC1)C1CCNC1. The summed E-state index contributed by atoms with van der Waals surface area (Å²) >= 11 is 0. The van der Waals surface area contributed by atoms with Crippen LogP contribution in [0.25, 0.3) is 0 Å². The maximum atomic E-state index is 12.5. The Morgan fingerprint density at radius 1 is 1.26 bits per heavy atom. The molecule has 2 rings (SSSR count). The van der Waals surface area contributed by atoms with Crippen LogP contribution in [0.2, 0.25) is 0 Å². The fourth-order valence-electron chi connectivity index (χ4n) is 3.22. The van der Waals surface area contributed by atoms with Crippen molar-refractivity contribution in [3.05, 3.63) is 0 Å². The lowest BCUT2D eigenvalue weighted by atomic mass is 10.2. The predicted molar refractivity (Wildman–Crippen MR) is 78.2 cm³/mol. The minimum absolute atomic E-state index is 0.349. The number of nitrogens with zero attached hydrogens (tertiary/aromatic N) is 2. The maximum Gasteiger partial charge on any atom is 0.236 e. The lowest BCUT2D eigenvalue weighted by Gasteiger charge is -2.30. The van der Waals surface area contributed by atoms with Gasteiger partial charge in [-0.25, -0.2) is 0 Å². The van der Waals surface area contributed by atoms with E-state index in [1.165, 1.54) is 32.1 Å². The van der Waals surface area contributed by atoms with Gasteiger partial charge >= 0.3 is 0 Å². The van der Waals surface area contributed by atoms with Gasteiger partial charge in [0.2, 0.25) is 5.91 Å². The molecule has 110 valence electrons. The van der Waals surface area contributed by atoms with Gasteiger partial charge in [0.15, 0.2) is 0 Å². The van der Waals surface area contributed by atoms with Crippen LogP contribution in [0.3, 0.4) is 0 Å². The monoisotopic (exact) mass is 267 g/mol. The molecule has 0 aliphatic carbocycles. The van der Waals surface area contributed by atoms with Crippen LogP contribution in [0.15, 0.2) is 0 Å². The van der Waals surface area contributed by atoms with Crippen LogP contribution in [0.4, 0.5) is 0 Å². The quantitative estimate of drug-likeness (QED) is 0.819. The fourth-order valence-corrected chi connectivity index (χ4v) is 3.22. The van der Waals surface area contributed by atoms with Crippen molar-refractivity contribution < 1.29 is 4.79 Å². The molecule has 1 atom stereocenters. The van der Waals surface area contributed by atoms with E-state index in [1.807, 2.05) is 0 Å². The normalized spacial score (nSPS) is 24.7. The lowest BCUT2D eigenvalue weighted by molar-refractivity contribution is -0.132. The smallest absolute Gasteiger partial charge is 0.236 e. The van der Waals surface area contributed by atoms with Crippen molar-refractivity contribution in [1.29, 1.82) is 0 Å². The van der Waals surface area contributed by atoms with Crippen LogP contribution in [-0.4, -0.2) is 61.0 Å². The van der Waals surface area contributed by atoms with E-state index in [0.717, 1.165) is 39.1 Å². The Labute approximate surface area is 117 Å². The van der Waals surface area contributed by atoms with E-state index in [0.29, 0.717) is 18.5 Å². The van der Waals surface area contributed by atoms with Gasteiger partial charge in [0.05, 0.1) is 6.54 Å². The number of likely N-dealkylation sites (tertiary alicyclic amines) is 1. The van der Waals surface area contributed by atoms with Gasteiger partial charge in [-0.3, -0.25) is 9.69 Å². The van der Waals surface area contributed by atoms with Gasteiger partial charge in [-0.05, 0) is 38.8 Å². The highest BCUT2D eigenvalue weighted by atomic mass is 16.2. The first-order valence-electron chi connectivity index (χ1n) is 8.04. The lowest BCUT2D eigenvalue weighted by Crippen LogP contribution is -2.46. The number of hydrogen-bond donors (Lipinski definition) is 1. The Bertz CT molecular complexity index is 269. The standard InChI is InChI=1S/C15H29N3O/c1-2-9-18(14-7-8-16-12-14)13-15(19)17-10-5-3-4-6-11-17/h14,16H,2-13H2,1H3. The number of rotatable bonds is 5. The molecular formula is C15H29N3O. The van der Waals surface area contributed by atoms with E-state index in [2.05, 4.69) is 22.0 Å². The second kappa shape index (κ2) is 7.85. The summed E-state index contributed by atoms with van der Waals surface area (Å²) in [6, 6.07) is 0.566. The third-order valence-corrected chi connectivity index (χ3v) is 4.36. The average Bonchev–Trinajstić information content (AvgIpc) is 2.80. The largest absolute Gasteiger partial charge is 0.342 e. The highest BCUT2D eigenvalue weighted by Gasteiger charge is 2.25. The Balaban J connectivity index is 1.85. The molecule has 0 saturated carbocycles. The molecule has 0 radical (unpaired) electrons. The van der Waals surface area contributed by atoms with Gasteiger partial charge in [-0.15, -0.1) is 0 Å². The van der Waals surface area contributed by atoms with Gasteiger partial charge in [-0.2, -0.15) is 0 Å². The number of amides is 1. The molecule has 1 amide bonds. The second-order valence-electron chi connectivity index (χ2n) is 5.91. The maximum absolute atomic E-state index is 12.5. The Morgan fingerprint density at radius 2 is 2.00 bits per heavy atom. The summed E-state index contributed by atoms with van der Waals surface area (Å²) in [5.74, 6) is 0.349. The fraction of sp³-hybridized carbons (Fsp3) is 0.933. The number of carbonyl (C=O) groups excluding carboxylic acids is 1. The minimum Gasteiger partial charge on any atom is -0.342 e. The van der Waals surface area contributed by atoms with Crippen LogP contribution in [0.1, 0.15) is 45.4 Å². The molecule has 2 fully saturated rings. The van der Waals surface area contributed by atoms with Gasteiger partial charge in [0, 0.05) is 25.7 Å². The molecule has 0 spiro atoms. The van der Waals surface area contributed by atoms with Gasteiger partial charge in [0.25, 0.3) is 0 Å². The van der Waals surface area contributed by atoms with Crippen LogP contribution < -0.4 is 5.32 Å². The van der Waals surface area contributed by atoms with Crippen molar-refractivity contribution in [2.24, 2.45) is 0 Å². The van der Waals surface area contributed by atoms with Crippen LogP contribution >= 0.6 is 0 Å². The molecule has 0 aromatic heterocycles. The summed E-state index contributed by atoms with van der Waals surface area (Å²) in [6.07, 6.45) is 7.26. The minimum atomic E-state index is 0.349. The summed E-state index contributed by atoms with van der Waals surface area (Å²) in [7, 11) is 0. The van der Waals surface area contributed by atoms with E-state index in [-0.39, 0.29) is 0 Å². The molecule has 2 saturated heterocycles. The Hall–Kier alpha value is -0.610. The molecule has 4 heteroatoms. The van der Waals surface area contributed by atoms with Gasteiger partial charge < -0.3 is 10.2 Å². The van der Waals surface area contributed by atoms with Crippen molar-refractivity contribution >= 4 is 5.91 Å². The summed E-state index contributed by atoms with van der Waals surface area (Å²) in [5.41, 5.74) is 0. The zero-order valence-electron chi connectivity index (χ0n) is 12.4. The van der Waals surface area contributed by atoms with Crippen LogP contribution in [0, 0.1) is 0 Å². The van der Waals surface area contributed by atoms with Crippen LogP contribution in [-0.2, 0) is 4.79 Å². The van der Waals surface area contributed by atoms with E-state index in [9.17, 15) is 4.79 Å². The van der Waals surface area contributed by atoms with Crippen molar-refractivity contribution in [3.8, 4) is 0 Å². The highest BCUT2D eigenvalue weighted by molar-refractivity contribution is 5.78. The van der Waals surface area contributed by atoms with E-state index < -0.39 is 0 Å².